The average molecular weight is 404 g/mol. The zero-order valence-corrected chi connectivity index (χ0v) is 16.2. The van der Waals surface area contributed by atoms with Crippen molar-refractivity contribution in [3.05, 3.63) is 66.0 Å². The summed E-state index contributed by atoms with van der Waals surface area (Å²) in [7, 11) is -2.13. The molecule has 28 heavy (non-hydrogen) atoms. The van der Waals surface area contributed by atoms with Gasteiger partial charge < -0.3 is 9.64 Å². The van der Waals surface area contributed by atoms with Crippen molar-refractivity contribution in [1.29, 1.82) is 0 Å². The molecule has 8 heteroatoms. The molecule has 2 aromatic carbocycles. The number of piperazine rings is 1. The van der Waals surface area contributed by atoms with Gasteiger partial charge >= 0.3 is 0 Å². The largest absolute Gasteiger partial charge is 0.496 e. The van der Waals surface area contributed by atoms with Crippen LogP contribution in [0.2, 0.25) is 0 Å². The van der Waals surface area contributed by atoms with Crippen LogP contribution < -0.4 is 4.74 Å². The lowest BCUT2D eigenvalue weighted by molar-refractivity contribution is -0.127. The molecule has 148 valence electrons. The van der Waals surface area contributed by atoms with Gasteiger partial charge in [0.25, 0.3) is 0 Å². The minimum absolute atomic E-state index is 0.0461. The highest BCUT2D eigenvalue weighted by molar-refractivity contribution is 7.89. The highest BCUT2D eigenvalue weighted by Gasteiger charge is 2.29. The number of benzene rings is 2. The summed E-state index contributed by atoms with van der Waals surface area (Å²) in [6.07, 6.45) is 3.14. The van der Waals surface area contributed by atoms with Crippen LogP contribution in [0, 0.1) is 5.82 Å². The molecule has 1 fully saturated rings. The summed E-state index contributed by atoms with van der Waals surface area (Å²) in [5.74, 6) is -0.0114. The molecule has 0 aromatic heterocycles. The highest BCUT2D eigenvalue weighted by Crippen LogP contribution is 2.20. The maximum absolute atomic E-state index is 13.0. The quantitative estimate of drug-likeness (QED) is 0.718. The standard InChI is InChI=1S/C20H21FN2O4S/c1-27-19-5-3-2-4-16(19)6-11-20(24)22-12-14-23(15-13-22)28(25,26)18-9-7-17(21)8-10-18/h2-11H,12-15H2,1H3/b11-6+. The lowest BCUT2D eigenvalue weighted by Crippen LogP contribution is -2.50. The van der Waals surface area contributed by atoms with Crippen LogP contribution in [0.1, 0.15) is 5.56 Å². The highest BCUT2D eigenvalue weighted by atomic mass is 32.2. The van der Waals surface area contributed by atoms with E-state index in [1.807, 2.05) is 24.3 Å². The number of para-hydroxylation sites is 1. The number of halogens is 1. The fourth-order valence-electron chi connectivity index (χ4n) is 2.98. The molecule has 6 nitrogen and oxygen atoms in total. The molecule has 0 unspecified atom stereocenters. The molecular formula is C20H21FN2O4S. The lowest BCUT2D eigenvalue weighted by atomic mass is 10.2. The second-order valence-electron chi connectivity index (χ2n) is 6.26. The maximum Gasteiger partial charge on any atom is 0.246 e. The van der Waals surface area contributed by atoms with Gasteiger partial charge in [-0.3, -0.25) is 4.79 Å². The first kappa shape index (κ1) is 20.0. The van der Waals surface area contributed by atoms with Crippen LogP contribution in [0.4, 0.5) is 4.39 Å². The van der Waals surface area contributed by atoms with Gasteiger partial charge in [0.15, 0.2) is 0 Å². The molecule has 1 saturated heterocycles. The maximum atomic E-state index is 13.0. The molecule has 0 aliphatic carbocycles. The van der Waals surface area contributed by atoms with E-state index in [0.717, 1.165) is 17.7 Å². The predicted octanol–water partition coefficient (Wildman–Crippen LogP) is 2.38. The Balaban J connectivity index is 1.62. The third-order valence-electron chi connectivity index (χ3n) is 4.55. The van der Waals surface area contributed by atoms with Crippen molar-refractivity contribution in [3.63, 3.8) is 0 Å². The van der Waals surface area contributed by atoms with E-state index in [2.05, 4.69) is 0 Å². The summed E-state index contributed by atoms with van der Waals surface area (Å²) >= 11 is 0. The molecule has 0 N–H and O–H groups in total. The smallest absolute Gasteiger partial charge is 0.246 e. The first-order valence-electron chi connectivity index (χ1n) is 8.77. The number of carbonyl (C=O) groups excluding carboxylic acids is 1. The first-order chi connectivity index (χ1) is 13.4. The van der Waals surface area contributed by atoms with Crippen molar-refractivity contribution in [2.75, 3.05) is 33.3 Å². The Morgan fingerprint density at radius 2 is 1.68 bits per heavy atom. The lowest BCUT2D eigenvalue weighted by Gasteiger charge is -2.33. The molecule has 1 aliphatic heterocycles. The van der Waals surface area contributed by atoms with Crippen LogP contribution in [-0.4, -0.2) is 56.8 Å². The topological polar surface area (TPSA) is 66.9 Å². The zero-order valence-electron chi connectivity index (χ0n) is 15.4. The molecule has 1 amide bonds. The number of rotatable bonds is 5. The van der Waals surface area contributed by atoms with E-state index >= 15 is 0 Å². The van der Waals surface area contributed by atoms with Gasteiger partial charge in [0.1, 0.15) is 11.6 Å². The van der Waals surface area contributed by atoms with Crippen LogP contribution >= 0.6 is 0 Å². The SMILES string of the molecule is COc1ccccc1/C=C/C(=O)N1CCN(S(=O)(=O)c2ccc(F)cc2)CC1. The Labute approximate surface area is 163 Å². The predicted molar refractivity (Wildman–Crippen MR) is 104 cm³/mol. The summed E-state index contributed by atoms with van der Waals surface area (Å²) in [5, 5.41) is 0. The summed E-state index contributed by atoms with van der Waals surface area (Å²) in [6.45, 7) is 0.951. The fourth-order valence-corrected chi connectivity index (χ4v) is 4.40. The van der Waals surface area contributed by atoms with Gasteiger partial charge in [-0.25, -0.2) is 12.8 Å². The van der Waals surface area contributed by atoms with E-state index in [-0.39, 0.29) is 37.0 Å². The van der Waals surface area contributed by atoms with E-state index in [0.29, 0.717) is 5.75 Å². The van der Waals surface area contributed by atoms with E-state index in [1.54, 1.807) is 18.1 Å². The second-order valence-corrected chi connectivity index (χ2v) is 8.20. The summed E-state index contributed by atoms with van der Waals surface area (Å²) in [6, 6.07) is 12.1. The number of hydrogen-bond donors (Lipinski definition) is 0. The van der Waals surface area contributed by atoms with E-state index < -0.39 is 15.8 Å². The minimum atomic E-state index is -3.70. The van der Waals surface area contributed by atoms with Crippen LogP contribution in [-0.2, 0) is 14.8 Å². The Morgan fingerprint density at radius 1 is 1.04 bits per heavy atom. The van der Waals surface area contributed by atoms with Crippen LogP contribution in [0.15, 0.2) is 59.5 Å². The normalized spacial score (nSPS) is 15.7. The summed E-state index contributed by atoms with van der Waals surface area (Å²) < 4.78 is 44.9. The van der Waals surface area contributed by atoms with Gasteiger partial charge in [-0.1, -0.05) is 18.2 Å². The number of sulfonamides is 1. The van der Waals surface area contributed by atoms with Gasteiger partial charge in [-0.15, -0.1) is 0 Å². The van der Waals surface area contributed by atoms with E-state index in [1.165, 1.54) is 22.5 Å². The van der Waals surface area contributed by atoms with Crippen LogP contribution in [0.3, 0.4) is 0 Å². The third kappa shape index (κ3) is 4.40. The fraction of sp³-hybridized carbons (Fsp3) is 0.250. The number of hydrogen-bond acceptors (Lipinski definition) is 4. The van der Waals surface area contributed by atoms with Crippen molar-refractivity contribution in [3.8, 4) is 5.75 Å². The molecule has 1 heterocycles. The van der Waals surface area contributed by atoms with Gasteiger partial charge in [-0.2, -0.15) is 4.31 Å². The van der Waals surface area contributed by atoms with Gasteiger partial charge in [0, 0.05) is 37.8 Å². The number of carbonyl (C=O) groups is 1. The zero-order chi connectivity index (χ0) is 20.1. The van der Waals surface area contributed by atoms with Crippen LogP contribution in [0.25, 0.3) is 6.08 Å². The summed E-state index contributed by atoms with van der Waals surface area (Å²) in [4.78, 5) is 14.1. The Bertz CT molecular complexity index is 966. The number of amides is 1. The number of methoxy groups -OCH3 is 1. The molecule has 0 atom stereocenters. The van der Waals surface area contributed by atoms with E-state index in [4.69, 9.17) is 4.74 Å². The van der Waals surface area contributed by atoms with Crippen molar-refractivity contribution in [2.24, 2.45) is 0 Å². The minimum Gasteiger partial charge on any atom is -0.496 e. The van der Waals surface area contributed by atoms with Crippen LogP contribution in [0.5, 0.6) is 5.75 Å². The first-order valence-corrected chi connectivity index (χ1v) is 10.2. The Morgan fingerprint density at radius 3 is 2.32 bits per heavy atom. The monoisotopic (exact) mass is 404 g/mol. The molecule has 0 bridgehead atoms. The molecule has 2 aromatic rings. The Kier molecular flexibility index (Phi) is 6.11. The molecule has 0 spiro atoms. The number of nitrogens with zero attached hydrogens (tertiary/aromatic N) is 2. The molecular weight excluding hydrogens is 383 g/mol. The van der Waals surface area contributed by atoms with Gasteiger partial charge in [0.05, 0.1) is 12.0 Å². The molecule has 0 saturated carbocycles. The summed E-state index contributed by atoms with van der Waals surface area (Å²) in [5.41, 5.74) is 0.788. The third-order valence-corrected chi connectivity index (χ3v) is 6.46. The molecule has 1 aliphatic rings. The molecule has 0 radical (unpaired) electrons. The average Bonchev–Trinajstić information content (AvgIpc) is 2.72. The van der Waals surface area contributed by atoms with Gasteiger partial charge in [-0.05, 0) is 36.4 Å². The van der Waals surface area contributed by atoms with Crippen molar-refractivity contribution < 1.29 is 22.3 Å². The van der Waals surface area contributed by atoms with Crippen molar-refractivity contribution in [2.45, 2.75) is 4.90 Å². The second kappa shape index (κ2) is 8.53. The van der Waals surface area contributed by atoms with E-state index in [9.17, 15) is 17.6 Å². The van der Waals surface area contributed by atoms with Crippen molar-refractivity contribution in [1.82, 2.24) is 9.21 Å². The van der Waals surface area contributed by atoms with Crippen molar-refractivity contribution >= 4 is 22.0 Å². The Hall–Kier alpha value is -2.71. The molecule has 3 rings (SSSR count). The number of ether oxygens (including phenoxy) is 1. The van der Waals surface area contributed by atoms with Gasteiger partial charge in [0.2, 0.25) is 15.9 Å².